The largest absolute Gasteiger partial charge is 0.497 e. The van der Waals surface area contributed by atoms with Crippen molar-refractivity contribution in [1.29, 1.82) is 0 Å². The van der Waals surface area contributed by atoms with Gasteiger partial charge in [0, 0.05) is 11.6 Å². The Morgan fingerprint density at radius 1 is 1.07 bits per heavy atom. The van der Waals surface area contributed by atoms with Crippen LogP contribution in [-0.4, -0.2) is 42.7 Å². The first-order valence-electron chi connectivity index (χ1n) is 8.84. The zero-order chi connectivity index (χ0) is 20.6. The van der Waals surface area contributed by atoms with Gasteiger partial charge in [0.2, 0.25) is 11.8 Å². The van der Waals surface area contributed by atoms with E-state index >= 15 is 0 Å². The van der Waals surface area contributed by atoms with E-state index < -0.39 is 0 Å². The lowest BCUT2D eigenvalue weighted by Crippen LogP contribution is -2.14. The topological polar surface area (TPSA) is 95.7 Å². The maximum absolute atomic E-state index is 12.3. The van der Waals surface area contributed by atoms with Gasteiger partial charge in [-0.25, -0.2) is 0 Å². The van der Waals surface area contributed by atoms with Crippen molar-refractivity contribution in [3.8, 4) is 28.7 Å². The number of rotatable bonds is 9. The number of methoxy groups -OCH3 is 2. The Morgan fingerprint density at radius 3 is 2.52 bits per heavy atom. The molecule has 0 spiro atoms. The summed E-state index contributed by atoms with van der Waals surface area (Å²) in [5.41, 5.74) is 1.33. The standard InChI is InChI=1S/C20H21N3O5S/c1-4-27-14-7-5-13(6-8-14)19-22-23-20(28-19)29-12-18(24)21-16-10-9-15(25-2)11-17(16)26-3/h5-11H,4,12H2,1-3H3,(H,21,24). The Labute approximate surface area is 172 Å². The fourth-order valence-electron chi connectivity index (χ4n) is 2.46. The summed E-state index contributed by atoms with van der Waals surface area (Å²) in [5, 5.41) is 11.1. The highest BCUT2D eigenvalue weighted by Gasteiger charge is 2.13. The summed E-state index contributed by atoms with van der Waals surface area (Å²) in [4.78, 5) is 12.3. The number of anilines is 1. The van der Waals surface area contributed by atoms with E-state index in [0.29, 0.717) is 34.9 Å². The molecule has 152 valence electrons. The predicted octanol–water partition coefficient (Wildman–Crippen LogP) is 3.88. The molecule has 0 aliphatic rings. The van der Waals surface area contributed by atoms with E-state index in [-0.39, 0.29) is 11.7 Å². The lowest BCUT2D eigenvalue weighted by molar-refractivity contribution is -0.113. The summed E-state index contributed by atoms with van der Waals surface area (Å²) >= 11 is 1.15. The van der Waals surface area contributed by atoms with Crippen LogP contribution in [0.3, 0.4) is 0 Å². The predicted molar refractivity (Wildman–Crippen MR) is 110 cm³/mol. The first-order chi connectivity index (χ1) is 14.1. The van der Waals surface area contributed by atoms with Crippen molar-refractivity contribution >= 4 is 23.4 Å². The van der Waals surface area contributed by atoms with Crippen LogP contribution >= 0.6 is 11.8 Å². The average Bonchev–Trinajstić information content (AvgIpc) is 3.22. The van der Waals surface area contributed by atoms with Crippen LogP contribution in [0.15, 0.2) is 52.1 Å². The molecule has 2 aromatic carbocycles. The molecule has 1 heterocycles. The maximum atomic E-state index is 12.3. The number of amides is 1. The highest BCUT2D eigenvalue weighted by atomic mass is 32.2. The molecule has 29 heavy (non-hydrogen) atoms. The molecule has 3 rings (SSSR count). The van der Waals surface area contributed by atoms with Crippen LogP contribution in [0.25, 0.3) is 11.5 Å². The van der Waals surface area contributed by atoms with E-state index in [1.807, 2.05) is 31.2 Å². The molecule has 0 saturated heterocycles. The molecule has 8 nitrogen and oxygen atoms in total. The van der Waals surface area contributed by atoms with E-state index in [9.17, 15) is 4.79 Å². The molecule has 0 bridgehead atoms. The molecule has 0 aliphatic heterocycles. The third kappa shape index (κ3) is 5.41. The second-order valence-electron chi connectivity index (χ2n) is 5.73. The van der Waals surface area contributed by atoms with Gasteiger partial charge in [-0.3, -0.25) is 4.79 Å². The van der Waals surface area contributed by atoms with Crippen molar-refractivity contribution in [3.63, 3.8) is 0 Å². The molecule has 0 radical (unpaired) electrons. The Kier molecular flexibility index (Phi) is 6.96. The number of ether oxygens (including phenoxy) is 3. The van der Waals surface area contributed by atoms with Crippen molar-refractivity contribution < 1.29 is 23.4 Å². The molecule has 0 saturated carbocycles. The Balaban J connectivity index is 1.57. The number of hydrogen-bond donors (Lipinski definition) is 1. The van der Waals surface area contributed by atoms with Crippen molar-refractivity contribution in [2.24, 2.45) is 0 Å². The maximum Gasteiger partial charge on any atom is 0.277 e. The van der Waals surface area contributed by atoms with Crippen LogP contribution < -0.4 is 19.5 Å². The summed E-state index contributed by atoms with van der Waals surface area (Å²) in [5.74, 6) is 2.20. The second kappa shape index (κ2) is 9.83. The fourth-order valence-corrected chi connectivity index (χ4v) is 3.02. The minimum Gasteiger partial charge on any atom is -0.497 e. The number of carbonyl (C=O) groups excluding carboxylic acids is 1. The third-order valence-electron chi connectivity index (χ3n) is 3.83. The highest BCUT2D eigenvalue weighted by molar-refractivity contribution is 7.99. The molecule has 3 aromatic rings. The Hall–Kier alpha value is -3.20. The van der Waals surface area contributed by atoms with Gasteiger partial charge in [-0.05, 0) is 43.3 Å². The van der Waals surface area contributed by atoms with Gasteiger partial charge in [0.25, 0.3) is 5.22 Å². The van der Waals surface area contributed by atoms with E-state index in [1.165, 1.54) is 7.11 Å². The second-order valence-corrected chi connectivity index (χ2v) is 6.66. The van der Waals surface area contributed by atoms with Crippen LogP contribution in [-0.2, 0) is 4.79 Å². The molecule has 1 aromatic heterocycles. The summed E-state index contributed by atoms with van der Waals surface area (Å²) in [6, 6.07) is 12.5. The first kappa shape index (κ1) is 20.5. The van der Waals surface area contributed by atoms with Gasteiger partial charge in [-0.2, -0.15) is 0 Å². The van der Waals surface area contributed by atoms with Crippen LogP contribution in [0.4, 0.5) is 5.69 Å². The monoisotopic (exact) mass is 415 g/mol. The summed E-state index contributed by atoms with van der Waals surface area (Å²) in [6.45, 7) is 2.53. The summed E-state index contributed by atoms with van der Waals surface area (Å²) < 4.78 is 21.5. The van der Waals surface area contributed by atoms with Crippen molar-refractivity contribution in [2.75, 3.05) is 31.9 Å². The van der Waals surface area contributed by atoms with Gasteiger partial charge in [0.15, 0.2) is 0 Å². The molecule has 0 atom stereocenters. The molecule has 1 amide bonds. The lowest BCUT2D eigenvalue weighted by Gasteiger charge is -2.11. The molecule has 1 N–H and O–H groups in total. The van der Waals surface area contributed by atoms with Gasteiger partial charge in [-0.15, -0.1) is 10.2 Å². The number of carbonyl (C=O) groups is 1. The quantitative estimate of drug-likeness (QED) is 0.526. The summed E-state index contributed by atoms with van der Waals surface area (Å²) in [7, 11) is 3.09. The number of nitrogens with zero attached hydrogens (tertiary/aromatic N) is 2. The number of aromatic nitrogens is 2. The normalized spacial score (nSPS) is 10.4. The molecular formula is C20H21N3O5S. The van der Waals surface area contributed by atoms with Crippen LogP contribution in [0, 0.1) is 0 Å². The van der Waals surface area contributed by atoms with Crippen molar-refractivity contribution in [3.05, 3.63) is 42.5 Å². The smallest absolute Gasteiger partial charge is 0.277 e. The van der Waals surface area contributed by atoms with Gasteiger partial charge >= 0.3 is 0 Å². The minimum absolute atomic E-state index is 0.111. The van der Waals surface area contributed by atoms with Crippen LogP contribution in [0.5, 0.6) is 17.2 Å². The zero-order valence-corrected chi connectivity index (χ0v) is 17.1. The average molecular weight is 415 g/mol. The van der Waals surface area contributed by atoms with Gasteiger partial charge in [-0.1, -0.05) is 11.8 Å². The van der Waals surface area contributed by atoms with Gasteiger partial charge in [0.05, 0.1) is 32.3 Å². The molecule has 0 fully saturated rings. The number of thioether (sulfide) groups is 1. The van der Waals surface area contributed by atoms with Gasteiger partial charge < -0.3 is 23.9 Å². The van der Waals surface area contributed by atoms with Crippen LogP contribution in [0.1, 0.15) is 6.92 Å². The third-order valence-corrected chi connectivity index (χ3v) is 4.65. The van der Waals surface area contributed by atoms with E-state index in [4.69, 9.17) is 18.6 Å². The fraction of sp³-hybridized carbons (Fsp3) is 0.250. The SMILES string of the molecule is CCOc1ccc(-c2nnc(SCC(=O)Nc3ccc(OC)cc3OC)o2)cc1. The Morgan fingerprint density at radius 2 is 1.83 bits per heavy atom. The number of benzene rings is 2. The summed E-state index contributed by atoms with van der Waals surface area (Å²) in [6.07, 6.45) is 0. The van der Waals surface area contributed by atoms with E-state index in [0.717, 1.165) is 23.1 Å². The lowest BCUT2D eigenvalue weighted by atomic mass is 10.2. The van der Waals surface area contributed by atoms with Gasteiger partial charge in [0.1, 0.15) is 17.2 Å². The zero-order valence-electron chi connectivity index (χ0n) is 16.3. The van der Waals surface area contributed by atoms with Crippen LogP contribution in [0.2, 0.25) is 0 Å². The molecule has 0 unspecified atom stereocenters. The minimum atomic E-state index is -0.223. The molecule has 0 aliphatic carbocycles. The number of hydrogen-bond acceptors (Lipinski definition) is 8. The Bertz CT molecular complexity index is 959. The van der Waals surface area contributed by atoms with Crippen molar-refractivity contribution in [2.45, 2.75) is 12.1 Å². The van der Waals surface area contributed by atoms with Crippen molar-refractivity contribution in [1.82, 2.24) is 10.2 Å². The molecular weight excluding hydrogens is 394 g/mol. The highest BCUT2D eigenvalue weighted by Crippen LogP contribution is 2.30. The van der Waals surface area contributed by atoms with E-state index in [1.54, 1.807) is 25.3 Å². The number of nitrogens with one attached hydrogen (secondary N) is 1. The van der Waals surface area contributed by atoms with E-state index in [2.05, 4.69) is 15.5 Å². The first-order valence-corrected chi connectivity index (χ1v) is 9.83. The molecule has 9 heteroatoms.